The maximum Gasteiger partial charge on any atom is 0.222 e. The topological polar surface area (TPSA) is 58.8 Å². The van der Waals surface area contributed by atoms with Gasteiger partial charge in [0.1, 0.15) is 0 Å². The number of rotatable bonds is 8. The molecule has 1 rings (SSSR count). The molecule has 0 aromatic heterocycles. The number of carbonyl (C=O) groups excluding carboxylic acids is 1. The summed E-state index contributed by atoms with van der Waals surface area (Å²) in [6.07, 6.45) is 4.81. The molecular weight excluding hydrogens is 242 g/mol. The van der Waals surface area contributed by atoms with Crippen LogP contribution >= 0.6 is 0 Å². The van der Waals surface area contributed by atoms with Crippen molar-refractivity contribution >= 4 is 5.91 Å². The molecule has 1 amide bonds. The highest BCUT2D eigenvalue weighted by atomic mass is 16.5. The smallest absolute Gasteiger partial charge is 0.222 e. The number of hydrogen-bond acceptors (Lipinski definition) is 4. The van der Waals surface area contributed by atoms with Gasteiger partial charge in [0, 0.05) is 39.7 Å². The number of unbranched alkanes of at least 4 members (excludes halogenated alkanes) is 2. The minimum atomic E-state index is 0.311. The van der Waals surface area contributed by atoms with E-state index in [1.165, 1.54) is 0 Å². The zero-order valence-electron chi connectivity index (χ0n) is 12.3. The third kappa shape index (κ3) is 6.89. The Hall–Kier alpha value is -0.650. The molecule has 0 atom stereocenters. The molecule has 0 radical (unpaired) electrons. The summed E-state index contributed by atoms with van der Waals surface area (Å²) in [5.74, 6) is 0.311. The minimum Gasteiger partial charge on any atom is -0.383 e. The predicted molar refractivity (Wildman–Crippen MR) is 77.0 cm³/mol. The molecule has 0 saturated carbocycles. The lowest BCUT2D eigenvalue weighted by Crippen LogP contribution is -2.35. The van der Waals surface area contributed by atoms with Crippen LogP contribution in [-0.4, -0.2) is 68.7 Å². The van der Waals surface area contributed by atoms with Crippen LogP contribution in [-0.2, 0) is 9.53 Å². The van der Waals surface area contributed by atoms with Crippen LogP contribution in [0.4, 0.5) is 0 Å². The highest BCUT2D eigenvalue weighted by Crippen LogP contribution is 2.07. The lowest BCUT2D eigenvalue weighted by molar-refractivity contribution is -0.131. The van der Waals surface area contributed by atoms with Crippen LogP contribution in [0.15, 0.2) is 0 Å². The first-order chi connectivity index (χ1) is 9.27. The Kier molecular flexibility index (Phi) is 8.79. The fraction of sp³-hybridized carbons (Fsp3) is 0.929. The maximum atomic E-state index is 12.1. The van der Waals surface area contributed by atoms with Gasteiger partial charge in [-0.1, -0.05) is 6.42 Å². The molecule has 5 heteroatoms. The minimum absolute atomic E-state index is 0.311. The van der Waals surface area contributed by atoms with Gasteiger partial charge in [0.2, 0.25) is 5.91 Å². The standard InChI is InChI=1S/C14H29N3O2/c1-19-13-12-16-8-5-9-17(11-10-16)14(18)6-3-2-4-7-15/h2-13,15H2,1H3. The lowest BCUT2D eigenvalue weighted by Gasteiger charge is -2.21. The first kappa shape index (κ1) is 16.4. The Balaban J connectivity index is 2.21. The van der Waals surface area contributed by atoms with Gasteiger partial charge in [-0.05, 0) is 32.4 Å². The lowest BCUT2D eigenvalue weighted by atomic mass is 10.2. The van der Waals surface area contributed by atoms with Crippen LogP contribution in [0.5, 0.6) is 0 Å². The summed E-state index contributed by atoms with van der Waals surface area (Å²) in [6.45, 7) is 6.27. The normalized spacial score (nSPS) is 17.5. The van der Waals surface area contributed by atoms with Crippen molar-refractivity contribution < 1.29 is 9.53 Å². The third-order valence-electron chi connectivity index (χ3n) is 3.65. The molecule has 0 aliphatic carbocycles. The fourth-order valence-electron chi connectivity index (χ4n) is 2.42. The van der Waals surface area contributed by atoms with Crippen molar-refractivity contribution in [2.24, 2.45) is 5.73 Å². The van der Waals surface area contributed by atoms with E-state index in [0.29, 0.717) is 12.3 Å². The van der Waals surface area contributed by atoms with E-state index in [4.69, 9.17) is 10.5 Å². The van der Waals surface area contributed by atoms with E-state index in [1.54, 1.807) is 7.11 Å². The number of carbonyl (C=O) groups is 1. The van der Waals surface area contributed by atoms with Gasteiger partial charge in [0.05, 0.1) is 6.61 Å². The van der Waals surface area contributed by atoms with Crippen LogP contribution in [0.25, 0.3) is 0 Å². The zero-order valence-corrected chi connectivity index (χ0v) is 12.3. The molecule has 0 aromatic rings. The van der Waals surface area contributed by atoms with Crippen LogP contribution in [0.2, 0.25) is 0 Å². The Morgan fingerprint density at radius 3 is 2.74 bits per heavy atom. The fourth-order valence-corrected chi connectivity index (χ4v) is 2.42. The average molecular weight is 271 g/mol. The molecule has 5 nitrogen and oxygen atoms in total. The molecule has 0 bridgehead atoms. The van der Waals surface area contributed by atoms with E-state index in [-0.39, 0.29) is 0 Å². The highest BCUT2D eigenvalue weighted by Gasteiger charge is 2.18. The van der Waals surface area contributed by atoms with Gasteiger partial charge in [-0.15, -0.1) is 0 Å². The quantitative estimate of drug-likeness (QED) is 0.660. The summed E-state index contributed by atoms with van der Waals surface area (Å²) in [5.41, 5.74) is 5.45. The van der Waals surface area contributed by atoms with Crippen molar-refractivity contribution in [3.05, 3.63) is 0 Å². The number of methoxy groups -OCH3 is 1. The molecular formula is C14H29N3O2. The number of nitrogens with two attached hydrogens (primary N) is 1. The molecule has 1 aliphatic rings. The van der Waals surface area contributed by atoms with Crippen LogP contribution in [0, 0.1) is 0 Å². The summed E-state index contributed by atoms with van der Waals surface area (Å²) in [5, 5.41) is 0. The molecule has 2 N–H and O–H groups in total. The van der Waals surface area contributed by atoms with Gasteiger partial charge in [0.25, 0.3) is 0 Å². The second kappa shape index (κ2) is 10.2. The maximum absolute atomic E-state index is 12.1. The van der Waals surface area contributed by atoms with Gasteiger partial charge in [-0.3, -0.25) is 9.69 Å². The second-order valence-corrected chi connectivity index (χ2v) is 5.17. The Morgan fingerprint density at radius 2 is 2.00 bits per heavy atom. The SMILES string of the molecule is COCCN1CCCN(C(=O)CCCCCN)CC1. The van der Waals surface area contributed by atoms with E-state index < -0.39 is 0 Å². The Bertz CT molecular complexity index is 249. The number of nitrogens with zero attached hydrogens (tertiary/aromatic N) is 2. The van der Waals surface area contributed by atoms with E-state index in [2.05, 4.69) is 4.90 Å². The summed E-state index contributed by atoms with van der Waals surface area (Å²) < 4.78 is 5.10. The first-order valence-corrected chi connectivity index (χ1v) is 7.47. The Labute approximate surface area is 117 Å². The zero-order chi connectivity index (χ0) is 13.9. The molecule has 19 heavy (non-hydrogen) atoms. The van der Waals surface area contributed by atoms with E-state index >= 15 is 0 Å². The van der Waals surface area contributed by atoms with Crippen molar-refractivity contribution in [1.82, 2.24) is 9.80 Å². The van der Waals surface area contributed by atoms with Gasteiger partial charge in [0.15, 0.2) is 0 Å². The molecule has 0 unspecified atom stereocenters. The number of hydrogen-bond donors (Lipinski definition) is 1. The van der Waals surface area contributed by atoms with E-state index in [1.807, 2.05) is 4.90 Å². The van der Waals surface area contributed by atoms with Crippen molar-refractivity contribution in [3.63, 3.8) is 0 Å². The summed E-state index contributed by atoms with van der Waals surface area (Å²) in [7, 11) is 1.73. The second-order valence-electron chi connectivity index (χ2n) is 5.17. The van der Waals surface area contributed by atoms with Crippen LogP contribution < -0.4 is 5.73 Å². The molecule has 112 valence electrons. The average Bonchev–Trinajstić information content (AvgIpc) is 2.66. The number of amides is 1. The molecule has 1 aliphatic heterocycles. The van der Waals surface area contributed by atoms with Crippen LogP contribution in [0.3, 0.4) is 0 Å². The highest BCUT2D eigenvalue weighted by molar-refractivity contribution is 5.76. The van der Waals surface area contributed by atoms with Crippen molar-refractivity contribution in [3.8, 4) is 0 Å². The molecule has 0 aromatic carbocycles. The van der Waals surface area contributed by atoms with Gasteiger partial charge < -0.3 is 15.4 Å². The molecule has 1 fully saturated rings. The first-order valence-electron chi connectivity index (χ1n) is 7.47. The summed E-state index contributed by atoms with van der Waals surface area (Å²) in [4.78, 5) is 16.5. The monoisotopic (exact) mass is 271 g/mol. The van der Waals surface area contributed by atoms with E-state index in [0.717, 1.165) is 71.6 Å². The van der Waals surface area contributed by atoms with Gasteiger partial charge in [-0.2, -0.15) is 0 Å². The number of ether oxygens (including phenoxy) is 1. The van der Waals surface area contributed by atoms with Crippen molar-refractivity contribution in [1.29, 1.82) is 0 Å². The third-order valence-corrected chi connectivity index (χ3v) is 3.65. The van der Waals surface area contributed by atoms with Crippen molar-refractivity contribution in [2.75, 3.05) is 53.0 Å². The largest absolute Gasteiger partial charge is 0.383 e. The Morgan fingerprint density at radius 1 is 1.16 bits per heavy atom. The molecule has 1 saturated heterocycles. The van der Waals surface area contributed by atoms with E-state index in [9.17, 15) is 4.79 Å². The van der Waals surface area contributed by atoms with Gasteiger partial charge >= 0.3 is 0 Å². The molecule has 0 spiro atoms. The predicted octanol–water partition coefficient (Wildman–Crippen LogP) is 0.686. The summed E-state index contributed by atoms with van der Waals surface area (Å²) >= 11 is 0. The van der Waals surface area contributed by atoms with Crippen molar-refractivity contribution in [2.45, 2.75) is 32.1 Å². The van der Waals surface area contributed by atoms with Gasteiger partial charge in [-0.25, -0.2) is 0 Å². The van der Waals surface area contributed by atoms with Crippen LogP contribution in [0.1, 0.15) is 32.1 Å². The summed E-state index contributed by atoms with van der Waals surface area (Å²) in [6, 6.07) is 0. The molecule has 1 heterocycles.